The molecule has 2 fully saturated rings. The second-order valence-electron chi connectivity index (χ2n) is 6.28. The molecule has 8 heteroatoms. The van der Waals surface area contributed by atoms with Gasteiger partial charge in [0, 0.05) is 13.0 Å². The third kappa shape index (κ3) is 3.10. The zero-order valence-corrected chi connectivity index (χ0v) is 14.7. The van der Waals surface area contributed by atoms with Crippen molar-refractivity contribution in [3.63, 3.8) is 0 Å². The maximum Gasteiger partial charge on any atom is 0.319 e. The van der Waals surface area contributed by atoms with Crippen LogP contribution in [-0.2, 0) is 28.6 Å². The molecular weight excluding hydrogens is 345 g/mol. The molecule has 0 aliphatic carbocycles. The Morgan fingerprint density at radius 3 is 2.31 bits per heavy atom. The smallest absolute Gasteiger partial charge is 0.319 e. The van der Waals surface area contributed by atoms with Gasteiger partial charge in [-0.05, 0) is 31.5 Å². The number of halogens is 1. The van der Waals surface area contributed by atoms with Crippen LogP contribution in [-0.4, -0.2) is 48.9 Å². The minimum absolute atomic E-state index is 0.0918. The first-order valence-electron chi connectivity index (χ1n) is 8.39. The minimum Gasteiger partial charge on any atom is -0.465 e. The highest BCUT2D eigenvalue weighted by Gasteiger charge is 2.56. The van der Waals surface area contributed by atoms with Gasteiger partial charge in [-0.1, -0.05) is 12.1 Å². The van der Waals surface area contributed by atoms with E-state index in [0.29, 0.717) is 5.56 Å². The number of hydrogen-bond acceptors (Lipinski definition) is 6. The first kappa shape index (κ1) is 18.5. The largest absolute Gasteiger partial charge is 0.465 e. The van der Waals surface area contributed by atoms with E-state index < -0.39 is 53.9 Å². The summed E-state index contributed by atoms with van der Waals surface area (Å²) >= 11 is 0. The van der Waals surface area contributed by atoms with Crippen LogP contribution in [0.25, 0.3) is 0 Å². The summed E-state index contributed by atoms with van der Waals surface area (Å²) in [7, 11) is 1.31. The van der Waals surface area contributed by atoms with Gasteiger partial charge in [-0.2, -0.15) is 0 Å². The maximum absolute atomic E-state index is 13.3. The molecule has 0 aromatic heterocycles. The molecule has 1 aromatic rings. The fourth-order valence-corrected chi connectivity index (χ4v) is 3.46. The Kier molecular flexibility index (Phi) is 5.06. The number of carbonyl (C=O) groups is 3. The summed E-state index contributed by atoms with van der Waals surface area (Å²) in [6, 6.07) is 5.33. The van der Waals surface area contributed by atoms with Crippen molar-refractivity contribution in [1.29, 1.82) is 0 Å². The van der Waals surface area contributed by atoms with Crippen molar-refractivity contribution in [2.24, 2.45) is 11.8 Å². The quantitative estimate of drug-likeness (QED) is 0.456. The van der Waals surface area contributed by atoms with E-state index in [1.807, 2.05) is 0 Å². The third-order valence-corrected chi connectivity index (χ3v) is 4.70. The molecule has 7 nitrogen and oxygen atoms in total. The van der Waals surface area contributed by atoms with E-state index >= 15 is 0 Å². The van der Waals surface area contributed by atoms with Crippen LogP contribution in [0.4, 0.5) is 4.39 Å². The second kappa shape index (κ2) is 7.13. The van der Waals surface area contributed by atoms with Crippen LogP contribution in [0, 0.1) is 17.7 Å². The number of hydrogen-bond donors (Lipinski definition) is 0. The Morgan fingerprint density at radius 2 is 1.77 bits per heavy atom. The van der Waals surface area contributed by atoms with Crippen LogP contribution < -0.4 is 0 Å². The molecule has 1 unspecified atom stereocenters. The Balaban J connectivity index is 2.06. The van der Waals surface area contributed by atoms with Gasteiger partial charge in [0.1, 0.15) is 11.7 Å². The summed E-state index contributed by atoms with van der Waals surface area (Å²) in [5.74, 6) is -5.40. The number of rotatable bonds is 4. The first-order valence-corrected chi connectivity index (χ1v) is 8.39. The van der Waals surface area contributed by atoms with Crippen molar-refractivity contribution in [2.45, 2.75) is 32.3 Å². The van der Waals surface area contributed by atoms with E-state index in [1.54, 1.807) is 13.8 Å². The van der Waals surface area contributed by atoms with Crippen molar-refractivity contribution in [1.82, 2.24) is 4.90 Å². The zero-order chi connectivity index (χ0) is 19.0. The lowest BCUT2D eigenvalue weighted by molar-refractivity contribution is -0.390. The standard InChI is InChI=1S/C18H20FNO6/c1-4-24-17(23)13-12(10-5-7-11(19)8-6-10)14(18-25-9(2)26-18)16(22)20(3)15(13)21/h5-9,12-14,18H,4H2,1-3H3/t9?,12?,13-,14+,18?/m0/s1. The Morgan fingerprint density at radius 1 is 1.15 bits per heavy atom. The summed E-state index contributed by atoms with van der Waals surface area (Å²) < 4.78 is 29.4. The lowest BCUT2D eigenvalue weighted by Crippen LogP contribution is -2.60. The van der Waals surface area contributed by atoms with Gasteiger partial charge < -0.3 is 14.2 Å². The number of carbonyl (C=O) groups excluding carboxylic acids is 3. The van der Waals surface area contributed by atoms with E-state index in [-0.39, 0.29) is 6.61 Å². The van der Waals surface area contributed by atoms with Crippen LogP contribution in [0.15, 0.2) is 24.3 Å². The molecule has 2 heterocycles. The molecule has 2 saturated heterocycles. The lowest BCUT2D eigenvalue weighted by Gasteiger charge is -2.46. The topological polar surface area (TPSA) is 82.1 Å². The van der Waals surface area contributed by atoms with E-state index in [0.717, 1.165) is 4.90 Å². The van der Waals surface area contributed by atoms with E-state index in [1.165, 1.54) is 31.3 Å². The zero-order valence-electron chi connectivity index (χ0n) is 14.7. The van der Waals surface area contributed by atoms with Crippen LogP contribution in [0.2, 0.25) is 0 Å². The number of amides is 2. The SMILES string of the molecule is CCOC(=O)[C@@H]1C(=O)N(C)C(=O)[C@H](C2OC(C)O2)C1c1ccc(F)cc1. The number of benzene rings is 1. The van der Waals surface area contributed by atoms with E-state index in [4.69, 9.17) is 14.2 Å². The molecular formula is C18H20FNO6. The Labute approximate surface area is 150 Å². The fourth-order valence-electron chi connectivity index (χ4n) is 3.46. The van der Waals surface area contributed by atoms with Gasteiger partial charge in [0.15, 0.2) is 12.6 Å². The van der Waals surface area contributed by atoms with Gasteiger partial charge in [-0.25, -0.2) is 4.39 Å². The average Bonchev–Trinajstić information content (AvgIpc) is 2.58. The Bertz CT molecular complexity index is 715. The van der Waals surface area contributed by atoms with E-state index in [9.17, 15) is 18.8 Å². The summed E-state index contributed by atoms with van der Waals surface area (Å²) in [4.78, 5) is 38.9. The average molecular weight is 365 g/mol. The highest BCUT2D eigenvalue weighted by Crippen LogP contribution is 2.44. The van der Waals surface area contributed by atoms with Crippen LogP contribution >= 0.6 is 0 Å². The van der Waals surface area contributed by atoms with Gasteiger partial charge in [-0.15, -0.1) is 0 Å². The van der Waals surface area contributed by atoms with Crippen LogP contribution in [0.3, 0.4) is 0 Å². The van der Waals surface area contributed by atoms with E-state index in [2.05, 4.69) is 0 Å². The molecule has 1 aromatic carbocycles. The highest BCUT2D eigenvalue weighted by molar-refractivity contribution is 6.09. The first-order chi connectivity index (χ1) is 12.3. The molecule has 2 aliphatic heterocycles. The van der Waals surface area contributed by atoms with Gasteiger partial charge in [-0.3, -0.25) is 19.3 Å². The summed E-state index contributed by atoms with van der Waals surface area (Å²) in [6.07, 6.45) is -1.37. The number of esters is 1. The van der Waals surface area contributed by atoms with Crippen molar-refractivity contribution in [3.05, 3.63) is 35.6 Å². The van der Waals surface area contributed by atoms with Crippen molar-refractivity contribution in [2.75, 3.05) is 13.7 Å². The molecule has 2 aliphatic rings. The lowest BCUT2D eigenvalue weighted by atomic mass is 9.72. The molecule has 3 atom stereocenters. The Hall–Kier alpha value is -2.32. The molecule has 0 bridgehead atoms. The highest BCUT2D eigenvalue weighted by atomic mass is 19.1. The predicted octanol–water partition coefficient (Wildman–Crippen LogP) is 1.42. The normalized spacial score (nSPS) is 31.5. The van der Waals surface area contributed by atoms with Crippen molar-refractivity contribution in [3.8, 4) is 0 Å². The van der Waals surface area contributed by atoms with Crippen LogP contribution in [0.1, 0.15) is 25.3 Å². The summed E-state index contributed by atoms with van der Waals surface area (Å²) in [5.41, 5.74) is 0.469. The third-order valence-electron chi connectivity index (χ3n) is 4.70. The molecule has 0 spiro atoms. The fraction of sp³-hybridized carbons (Fsp3) is 0.500. The van der Waals surface area contributed by atoms with Gasteiger partial charge in [0.05, 0.1) is 12.5 Å². The molecule has 0 N–H and O–H groups in total. The number of imide groups is 1. The number of piperidine rings is 1. The second-order valence-corrected chi connectivity index (χ2v) is 6.28. The number of ether oxygens (including phenoxy) is 3. The maximum atomic E-state index is 13.3. The molecule has 2 amide bonds. The van der Waals surface area contributed by atoms with Crippen molar-refractivity contribution >= 4 is 17.8 Å². The summed E-state index contributed by atoms with van der Waals surface area (Å²) in [6.45, 7) is 3.40. The van der Waals surface area contributed by atoms with Crippen molar-refractivity contribution < 1.29 is 33.0 Å². The van der Waals surface area contributed by atoms with Crippen LogP contribution in [0.5, 0.6) is 0 Å². The summed E-state index contributed by atoms with van der Waals surface area (Å²) in [5, 5.41) is 0. The molecule has 140 valence electrons. The predicted molar refractivity (Wildman–Crippen MR) is 86.0 cm³/mol. The van der Waals surface area contributed by atoms with Gasteiger partial charge >= 0.3 is 5.97 Å². The molecule has 0 radical (unpaired) electrons. The molecule has 3 rings (SSSR count). The number of nitrogens with zero attached hydrogens (tertiary/aromatic N) is 1. The molecule has 0 saturated carbocycles. The monoisotopic (exact) mass is 365 g/mol. The van der Waals surface area contributed by atoms with Gasteiger partial charge in [0.25, 0.3) is 0 Å². The van der Waals surface area contributed by atoms with Gasteiger partial charge in [0.2, 0.25) is 11.8 Å². The molecule has 26 heavy (non-hydrogen) atoms. The minimum atomic E-state index is -1.24. The number of likely N-dealkylation sites (tertiary alicyclic amines) is 1.